The van der Waals surface area contributed by atoms with Crippen molar-refractivity contribution in [3.8, 4) is 0 Å². The number of piperazine rings is 1. The van der Waals surface area contributed by atoms with Crippen LogP contribution in [0, 0.1) is 0 Å². The summed E-state index contributed by atoms with van der Waals surface area (Å²) in [4.78, 5) is 15.5. The Morgan fingerprint density at radius 1 is 1.26 bits per heavy atom. The molecule has 2 N–H and O–H groups in total. The molecule has 1 fully saturated rings. The van der Waals surface area contributed by atoms with Crippen molar-refractivity contribution in [2.24, 2.45) is 5.73 Å². The molecular formula is C13H21N5O. The Bertz CT molecular complexity index is 423. The molecule has 2 rings (SSSR count). The van der Waals surface area contributed by atoms with Gasteiger partial charge < -0.3 is 10.6 Å². The van der Waals surface area contributed by atoms with Crippen molar-refractivity contribution in [1.29, 1.82) is 0 Å². The maximum atomic E-state index is 10.8. The molecular weight excluding hydrogens is 242 g/mol. The number of carbonyl (C=O) groups is 1. The Morgan fingerprint density at radius 2 is 1.95 bits per heavy atom. The summed E-state index contributed by atoms with van der Waals surface area (Å²) in [7, 11) is 0. The first kappa shape index (κ1) is 13.7. The van der Waals surface area contributed by atoms with E-state index in [1.54, 1.807) is 0 Å². The summed E-state index contributed by atoms with van der Waals surface area (Å²) in [5.41, 5.74) is 5.75. The molecule has 0 radical (unpaired) electrons. The van der Waals surface area contributed by atoms with Crippen molar-refractivity contribution in [1.82, 2.24) is 15.1 Å². The van der Waals surface area contributed by atoms with Crippen LogP contribution in [0.5, 0.6) is 0 Å². The lowest BCUT2D eigenvalue weighted by Gasteiger charge is -2.37. The van der Waals surface area contributed by atoms with Gasteiger partial charge in [-0.3, -0.25) is 9.69 Å². The number of anilines is 1. The van der Waals surface area contributed by atoms with Crippen molar-refractivity contribution >= 4 is 11.7 Å². The molecule has 0 bridgehead atoms. The fraction of sp³-hybridized carbons (Fsp3) is 0.615. The number of primary amides is 1. The van der Waals surface area contributed by atoms with Crippen LogP contribution in [0.25, 0.3) is 0 Å². The average molecular weight is 263 g/mol. The third-order valence-corrected chi connectivity index (χ3v) is 3.43. The number of rotatable bonds is 4. The lowest BCUT2D eigenvalue weighted by molar-refractivity contribution is -0.117. The summed E-state index contributed by atoms with van der Waals surface area (Å²) in [6.07, 6.45) is 0.147. The summed E-state index contributed by atoms with van der Waals surface area (Å²) in [6, 6.07) is 4.32. The highest BCUT2D eigenvalue weighted by atomic mass is 16.1. The fourth-order valence-electron chi connectivity index (χ4n) is 2.26. The van der Waals surface area contributed by atoms with Gasteiger partial charge in [0.2, 0.25) is 5.91 Å². The van der Waals surface area contributed by atoms with Gasteiger partial charge in [-0.2, -0.15) is 5.10 Å². The van der Waals surface area contributed by atoms with Crippen molar-refractivity contribution in [2.75, 3.05) is 31.1 Å². The van der Waals surface area contributed by atoms with Gasteiger partial charge in [0.15, 0.2) is 5.82 Å². The standard InChI is InChI=1S/C13H21N5O/c1-10(2)17-5-7-18(8-6-17)13-4-3-11(15-16-13)9-12(14)19/h3-4,10H,5-9H2,1-2H3,(H2,14,19). The smallest absolute Gasteiger partial charge is 0.223 e. The zero-order chi connectivity index (χ0) is 13.8. The van der Waals surface area contributed by atoms with Crippen LogP contribution in [0.1, 0.15) is 19.5 Å². The number of nitrogens with two attached hydrogens (primary N) is 1. The van der Waals surface area contributed by atoms with Crippen molar-refractivity contribution in [3.63, 3.8) is 0 Å². The highest BCUT2D eigenvalue weighted by molar-refractivity contribution is 5.76. The minimum Gasteiger partial charge on any atom is -0.369 e. The number of hydrogen-bond acceptors (Lipinski definition) is 5. The summed E-state index contributed by atoms with van der Waals surface area (Å²) in [5, 5.41) is 8.22. The van der Waals surface area contributed by atoms with Crippen LogP contribution >= 0.6 is 0 Å². The largest absolute Gasteiger partial charge is 0.369 e. The van der Waals surface area contributed by atoms with Crippen LogP contribution in [-0.4, -0.2) is 53.2 Å². The minimum absolute atomic E-state index is 0.147. The molecule has 1 aromatic heterocycles. The monoisotopic (exact) mass is 263 g/mol. The fourth-order valence-corrected chi connectivity index (χ4v) is 2.26. The van der Waals surface area contributed by atoms with Gasteiger partial charge in [-0.1, -0.05) is 0 Å². The topological polar surface area (TPSA) is 75.3 Å². The van der Waals surface area contributed by atoms with E-state index in [4.69, 9.17) is 5.73 Å². The van der Waals surface area contributed by atoms with Crippen molar-refractivity contribution in [3.05, 3.63) is 17.8 Å². The second-order valence-electron chi connectivity index (χ2n) is 5.14. The van der Waals surface area contributed by atoms with Crippen LogP contribution in [-0.2, 0) is 11.2 Å². The first-order chi connectivity index (χ1) is 9.06. The SMILES string of the molecule is CC(C)N1CCN(c2ccc(CC(N)=O)nn2)CC1. The second kappa shape index (κ2) is 5.97. The van der Waals surface area contributed by atoms with Crippen LogP contribution < -0.4 is 10.6 Å². The van der Waals surface area contributed by atoms with E-state index in [2.05, 4.69) is 33.8 Å². The van der Waals surface area contributed by atoms with E-state index in [1.807, 2.05) is 12.1 Å². The van der Waals surface area contributed by atoms with E-state index < -0.39 is 0 Å². The normalized spacial score (nSPS) is 16.9. The minimum atomic E-state index is -0.382. The molecule has 2 heterocycles. The highest BCUT2D eigenvalue weighted by Gasteiger charge is 2.19. The predicted octanol–water partition coefficient (Wildman–Crippen LogP) is 0.0348. The lowest BCUT2D eigenvalue weighted by atomic mass is 10.2. The maximum Gasteiger partial charge on any atom is 0.223 e. The molecule has 0 spiro atoms. The number of carbonyl (C=O) groups excluding carboxylic acids is 1. The van der Waals surface area contributed by atoms with Crippen LogP contribution in [0.2, 0.25) is 0 Å². The Kier molecular flexibility index (Phi) is 4.31. The molecule has 0 atom stereocenters. The molecule has 6 nitrogen and oxygen atoms in total. The van der Waals surface area contributed by atoms with E-state index in [0.717, 1.165) is 32.0 Å². The zero-order valence-corrected chi connectivity index (χ0v) is 11.5. The molecule has 0 saturated carbocycles. The Morgan fingerprint density at radius 3 is 2.42 bits per heavy atom. The number of aromatic nitrogens is 2. The van der Waals surface area contributed by atoms with Crippen LogP contribution in [0.4, 0.5) is 5.82 Å². The molecule has 19 heavy (non-hydrogen) atoms. The summed E-state index contributed by atoms with van der Waals surface area (Å²) in [6.45, 7) is 8.44. The van der Waals surface area contributed by atoms with Gasteiger partial charge >= 0.3 is 0 Å². The van der Waals surface area contributed by atoms with Crippen molar-refractivity contribution < 1.29 is 4.79 Å². The molecule has 1 aromatic rings. The lowest BCUT2D eigenvalue weighted by Crippen LogP contribution is -2.49. The summed E-state index contributed by atoms with van der Waals surface area (Å²) < 4.78 is 0. The average Bonchev–Trinajstić information content (AvgIpc) is 2.39. The molecule has 0 aliphatic carbocycles. The van der Waals surface area contributed by atoms with Gasteiger partial charge in [-0.05, 0) is 26.0 Å². The molecule has 1 aliphatic heterocycles. The maximum absolute atomic E-state index is 10.8. The number of hydrogen-bond donors (Lipinski definition) is 1. The molecule has 1 amide bonds. The number of nitrogens with zero attached hydrogens (tertiary/aromatic N) is 4. The summed E-state index contributed by atoms with van der Waals surface area (Å²) in [5.74, 6) is 0.490. The molecule has 6 heteroatoms. The summed E-state index contributed by atoms with van der Waals surface area (Å²) >= 11 is 0. The quantitative estimate of drug-likeness (QED) is 0.830. The van der Waals surface area contributed by atoms with Gasteiger partial charge in [0.05, 0.1) is 12.1 Å². The van der Waals surface area contributed by atoms with E-state index in [1.165, 1.54) is 0 Å². The van der Waals surface area contributed by atoms with E-state index >= 15 is 0 Å². The van der Waals surface area contributed by atoms with Gasteiger partial charge in [-0.15, -0.1) is 5.10 Å². The van der Waals surface area contributed by atoms with Crippen LogP contribution in [0.3, 0.4) is 0 Å². The molecule has 0 aromatic carbocycles. The Labute approximate surface area is 113 Å². The van der Waals surface area contributed by atoms with Gasteiger partial charge in [-0.25, -0.2) is 0 Å². The molecule has 1 aliphatic rings. The second-order valence-corrected chi connectivity index (χ2v) is 5.14. The van der Waals surface area contributed by atoms with E-state index in [0.29, 0.717) is 11.7 Å². The Balaban J connectivity index is 1.94. The van der Waals surface area contributed by atoms with Crippen LogP contribution in [0.15, 0.2) is 12.1 Å². The predicted molar refractivity (Wildman–Crippen MR) is 73.9 cm³/mol. The third-order valence-electron chi connectivity index (χ3n) is 3.43. The van der Waals surface area contributed by atoms with Gasteiger partial charge in [0, 0.05) is 32.2 Å². The highest BCUT2D eigenvalue weighted by Crippen LogP contribution is 2.14. The van der Waals surface area contributed by atoms with E-state index in [9.17, 15) is 4.79 Å². The third kappa shape index (κ3) is 3.64. The Hall–Kier alpha value is -1.69. The molecule has 1 saturated heterocycles. The first-order valence-corrected chi connectivity index (χ1v) is 6.66. The van der Waals surface area contributed by atoms with Crippen molar-refractivity contribution in [2.45, 2.75) is 26.3 Å². The molecule has 104 valence electrons. The van der Waals surface area contributed by atoms with Gasteiger partial charge in [0.25, 0.3) is 0 Å². The zero-order valence-electron chi connectivity index (χ0n) is 11.5. The van der Waals surface area contributed by atoms with Gasteiger partial charge in [0.1, 0.15) is 0 Å². The molecule has 0 unspecified atom stereocenters. The van der Waals surface area contributed by atoms with E-state index in [-0.39, 0.29) is 12.3 Å². The number of amides is 1. The first-order valence-electron chi connectivity index (χ1n) is 6.66.